The van der Waals surface area contributed by atoms with Gasteiger partial charge in [-0.1, -0.05) is 80.6 Å². The van der Waals surface area contributed by atoms with Gasteiger partial charge in [0.25, 0.3) is 0 Å². The number of halogens is 2. The summed E-state index contributed by atoms with van der Waals surface area (Å²) in [6, 6.07) is 19.0. The van der Waals surface area contributed by atoms with E-state index >= 15 is 0 Å². The van der Waals surface area contributed by atoms with E-state index in [-0.39, 0.29) is 0 Å². The Labute approximate surface area is 172 Å². The molecule has 0 amide bonds. The number of aryl methyl sites for hydroxylation is 1. The molecule has 0 bridgehead atoms. The van der Waals surface area contributed by atoms with Crippen LogP contribution >= 0.6 is 0 Å². The van der Waals surface area contributed by atoms with Gasteiger partial charge < -0.3 is 0 Å². The highest BCUT2D eigenvalue weighted by Crippen LogP contribution is 2.29. The van der Waals surface area contributed by atoms with Crippen molar-refractivity contribution < 1.29 is 8.78 Å². The summed E-state index contributed by atoms with van der Waals surface area (Å²) >= 11 is 0. The Morgan fingerprint density at radius 2 is 1.31 bits per heavy atom. The van der Waals surface area contributed by atoms with Crippen molar-refractivity contribution in [3.8, 4) is 34.1 Å². The molecule has 0 saturated heterocycles. The van der Waals surface area contributed by atoms with E-state index in [1.165, 1.54) is 0 Å². The summed E-state index contributed by atoms with van der Waals surface area (Å²) in [5.74, 6) is 4.44. The first kappa shape index (κ1) is 20.8. The van der Waals surface area contributed by atoms with E-state index in [1.54, 1.807) is 12.1 Å². The normalized spacial score (nSPS) is 10.5. The first-order valence-corrected chi connectivity index (χ1v) is 10.2. The van der Waals surface area contributed by atoms with Crippen LogP contribution in [0.3, 0.4) is 0 Å². The Hall–Kier alpha value is -2.92. The first-order chi connectivity index (χ1) is 14.1. The molecule has 0 fully saturated rings. The molecule has 0 aromatic heterocycles. The molecule has 0 spiro atoms. The van der Waals surface area contributed by atoms with Crippen LogP contribution in [0.15, 0.2) is 60.7 Å². The Balaban J connectivity index is 1.78. The number of benzene rings is 3. The van der Waals surface area contributed by atoms with E-state index in [2.05, 4.69) is 18.8 Å². The third-order valence-corrected chi connectivity index (χ3v) is 5.15. The van der Waals surface area contributed by atoms with Gasteiger partial charge in [-0.3, -0.25) is 0 Å². The monoisotopic (exact) mass is 388 g/mol. The zero-order chi connectivity index (χ0) is 20.6. The van der Waals surface area contributed by atoms with Gasteiger partial charge in [0, 0.05) is 11.1 Å². The van der Waals surface area contributed by atoms with Crippen LogP contribution in [-0.2, 0) is 6.42 Å². The summed E-state index contributed by atoms with van der Waals surface area (Å²) in [6.07, 6.45) is 4.78. The summed E-state index contributed by atoms with van der Waals surface area (Å²) in [6.45, 7) is 3.95. The smallest absolute Gasteiger partial charge is 0.166 e. The highest BCUT2D eigenvalue weighted by atomic mass is 19.2. The van der Waals surface area contributed by atoms with Crippen molar-refractivity contribution in [1.82, 2.24) is 0 Å². The minimum Gasteiger partial charge on any atom is -0.203 e. The number of unbranched alkanes of at least 4 members (excludes halogenated alkanes) is 3. The number of hydrogen-bond donors (Lipinski definition) is 0. The van der Waals surface area contributed by atoms with Crippen molar-refractivity contribution in [3.05, 3.63) is 83.4 Å². The molecule has 0 nitrogen and oxygen atoms in total. The minimum atomic E-state index is -0.756. The average Bonchev–Trinajstić information content (AvgIpc) is 2.75. The highest BCUT2D eigenvalue weighted by Gasteiger charge is 2.14. The molecule has 148 valence electrons. The molecule has 0 saturated carbocycles. The van der Waals surface area contributed by atoms with Crippen LogP contribution < -0.4 is 0 Å². The molecule has 2 heteroatoms. The predicted octanol–water partition coefficient (Wildman–Crippen LogP) is 7.79. The number of rotatable bonds is 7. The molecule has 0 radical (unpaired) electrons. The standard InChI is InChI=1S/C27H26F2/c1-3-5-6-7-9-24-18-19-25(27(29)26(24)28)23-16-14-22(15-17-23)21-12-10-20(8-4-2)11-13-21/h10-19H,3,5-7,9H2,1-2H3. The zero-order valence-electron chi connectivity index (χ0n) is 17.1. The Bertz CT molecular complexity index is 1000. The molecule has 0 aliphatic carbocycles. The van der Waals surface area contributed by atoms with Crippen molar-refractivity contribution in [3.63, 3.8) is 0 Å². The van der Waals surface area contributed by atoms with E-state index < -0.39 is 11.6 Å². The summed E-state index contributed by atoms with van der Waals surface area (Å²) in [4.78, 5) is 0. The van der Waals surface area contributed by atoms with Crippen LogP contribution in [0.4, 0.5) is 8.78 Å². The van der Waals surface area contributed by atoms with Gasteiger partial charge in [0.2, 0.25) is 0 Å². The molecule has 29 heavy (non-hydrogen) atoms. The minimum absolute atomic E-state index is 0.305. The fraction of sp³-hybridized carbons (Fsp3) is 0.259. The summed E-state index contributed by atoms with van der Waals surface area (Å²) in [5.41, 5.74) is 4.51. The predicted molar refractivity (Wildman–Crippen MR) is 118 cm³/mol. The highest BCUT2D eigenvalue weighted by molar-refractivity contribution is 5.71. The first-order valence-electron chi connectivity index (χ1n) is 10.2. The van der Waals surface area contributed by atoms with Crippen molar-refractivity contribution >= 4 is 0 Å². The van der Waals surface area contributed by atoms with Crippen molar-refractivity contribution in [2.24, 2.45) is 0 Å². The van der Waals surface area contributed by atoms with Crippen LogP contribution in [0.1, 0.15) is 50.7 Å². The van der Waals surface area contributed by atoms with Gasteiger partial charge in [0.1, 0.15) is 0 Å². The third-order valence-electron chi connectivity index (χ3n) is 5.15. The maximum absolute atomic E-state index is 14.7. The van der Waals surface area contributed by atoms with Gasteiger partial charge in [-0.05, 0) is 54.2 Å². The van der Waals surface area contributed by atoms with Crippen molar-refractivity contribution in [2.45, 2.75) is 46.0 Å². The molecule has 0 aliphatic rings. The Morgan fingerprint density at radius 3 is 1.93 bits per heavy atom. The molecule has 3 rings (SSSR count). The van der Waals surface area contributed by atoms with Crippen LogP contribution in [0, 0.1) is 23.5 Å². The van der Waals surface area contributed by atoms with Gasteiger partial charge in [-0.2, -0.15) is 0 Å². The Morgan fingerprint density at radius 1 is 0.690 bits per heavy atom. The lowest BCUT2D eigenvalue weighted by Gasteiger charge is -2.10. The van der Waals surface area contributed by atoms with Gasteiger partial charge in [0.05, 0.1) is 0 Å². The molecule has 3 aromatic carbocycles. The maximum Gasteiger partial charge on any atom is 0.166 e. The summed E-state index contributed by atoms with van der Waals surface area (Å²) in [5, 5.41) is 0. The molecule has 0 aliphatic heterocycles. The molecular formula is C27H26F2. The van der Waals surface area contributed by atoms with Gasteiger partial charge >= 0.3 is 0 Å². The third kappa shape index (κ3) is 5.12. The Kier molecular flexibility index (Phi) is 7.19. The largest absolute Gasteiger partial charge is 0.203 e. The summed E-state index contributed by atoms with van der Waals surface area (Å²) < 4.78 is 29.2. The fourth-order valence-corrected chi connectivity index (χ4v) is 3.48. The van der Waals surface area contributed by atoms with Gasteiger partial charge in [-0.25, -0.2) is 8.78 Å². The molecular weight excluding hydrogens is 362 g/mol. The fourth-order valence-electron chi connectivity index (χ4n) is 3.48. The van der Waals surface area contributed by atoms with E-state index in [0.29, 0.717) is 23.1 Å². The van der Waals surface area contributed by atoms with Crippen molar-refractivity contribution in [2.75, 3.05) is 0 Å². The lowest BCUT2D eigenvalue weighted by molar-refractivity contribution is 0.498. The lowest BCUT2D eigenvalue weighted by atomic mass is 9.97. The SMILES string of the molecule is CC#Cc1ccc(-c2ccc(-c3ccc(CCCCCC)c(F)c3F)cc2)cc1. The van der Waals surface area contributed by atoms with Gasteiger partial charge in [-0.15, -0.1) is 5.92 Å². The zero-order valence-corrected chi connectivity index (χ0v) is 17.1. The molecule has 0 heterocycles. The van der Waals surface area contributed by atoms with Crippen LogP contribution in [0.5, 0.6) is 0 Å². The molecule has 0 unspecified atom stereocenters. The van der Waals surface area contributed by atoms with Gasteiger partial charge in [0.15, 0.2) is 11.6 Å². The van der Waals surface area contributed by atoms with E-state index in [0.717, 1.165) is 42.4 Å². The second-order valence-corrected chi connectivity index (χ2v) is 7.24. The molecule has 0 atom stereocenters. The van der Waals surface area contributed by atoms with E-state index in [4.69, 9.17) is 0 Å². The van der Waals surface area contributed by atoms with Crippen LogP contribution in [0.2, 0.25) is 0 Å². The molecule has 3 aromatic rings. The second-order valence-electron chi connectivity index (χ2n) is 7.24. The topological polar surface area (TPSA) is 0 Å². The molecule has 0 N–H and O–H groups in total. The van der Waals surface area contributed by atoms with E-state index in [1.807, 2.05) is 55.5 Å². The lowest BCUT2D eigenvalue weighted by Crippen LogP contribution is -1.97. The quantitative estimate of drug-likeness (QED) is 0.286. The van der Waals surface area contributed by atoms with Crippen LogP contribution in [0.25, 0.3) is 22.3 Å². The van der Waals surface area contributed by atoms with Crippen molar-refractivity contribution in [1.29, 1.82) is 0 Å². The second kappa shape index (κ2) is 10.0. The maximum atomic E-state index is 14.7. The van der Waals surface area contributed by atoms with Crippen LogP contribution in [-0.4, -0.2) is 0 Å². The average molecular weight is 389 g/mol. The van der Waals surface area contributed by atoms with E-state index in [9.17, 15) is 8.78 Å². The summed E-state index contributed by atoms with van der Waals surface area (Å²) in [7, 11) is 0. The number of hydrogen-bond acceptors (Lipinski definition) is 0.